The Bertz CT molecular complexity index is 940. The Morgan fingerprint density at radius 2 is 1.68 bits per heavy atom. The lowest BCUT2D eigenvalue weighted by Crippen LogP contribution is -2.45. The fourth-order valence-corrected chi connectivity index (χ4v) is 4.61. The number of fused-ring (bicyclic) bond motifs is 1. The fraction of sp³-hybridized carbons (Fsp3) is 0.286. The lowest BCUT2D eigenvalue weighted by atomic mass is 10.0. The molecule has 28 heavy (non-hydrogen) atoms. The van der Waals surface area contributed by atoms with Gasteiger partial charge < -0.3 is 10.3 Å². The Morgan fingerprint density at radius 3 is 2.32 bits per heavy atom. The maximum atomic E-state index is 13.2. The van der Waals surface area contributed by atoms with Crippen LogP contribution in [0, 0.1) is 0 Å². The molecule has 2 aromatic carbocycles. The summed E-state index contributed by atoms with van der Waals surface area (Å²) < 4.78 is 1.91. The minimum Gasteiger partial charge on any atom is -0.342 e. The maximum Gasteiger partial charge on any atom is 0.238 e. The molecule has 0 aliphatic carbocycles. The zero-order chi connectivity index (χ0) is 19.5. The van der Waals surface area contributed by atoms with Crippen molar-refractivity contribution in [2.45, 2.75) is 30.3 Å². The highest BCUT2D eigenvalue weighted by molar-refractivity contribution is 8.00. The van der Waals surface area contributed by atoms with Crippen molar-refractivity contribution in [3.8, 4) is 11.4 Å². The number of hydrogen-bond donors (Lipinski definition) is 1. The number of nitrogens with zero attached hydrogens (tertiary/aromatic N) is 4. The highest BCUT2D eigenvalue weighted by atomic mass is 32.2. The first-order valence-electron chi connectivity index (χ1n) is 9.50. The first-order chi connectivity index (χ1) is 13.7. The summed E-state index contributed by atoms with van der Waals surface area (Å²) >= 11 is 1.48. The minimum atomic E-state index is -0.303. The average molecular weight is 394 g/mol. The van der Waals surface area contributed by atoms with Gasteiger partial charge in [-0.05, 0) is 19.4 Å². The molecular weight excluding hydrogens is 370 g/mol. The third-order valence-corrected chi connectivity index (χ3v) is 6.15. The van der Waals surface area contributed by atoms with Crippen molar-refractivity contribution in [3.63, 3.8) is 0 Å². The van der Waals surface area contributed by atoms with Gasteiger partial charge in [0.25, 0.3) is 0 Å². The molecule has 0 saturated heterocycles. The Balaban J connectivity index is 1.75. The van der Waals surface area contributed by atoms with Gasteiger partial charge in [-0.15, -0.1) is 10.2 Å². The summed E-state index contributed by atoms with van der Waals surface area (Å²) in [6.07, 6.45) is 0. The summed E-state index contributed by atoms with van der Waals surface area (Å²) in [6, 6.07) is 19.9. The molecule has 3 aromatic rings. The standard InChI is InChI=1S/C21H23N5OS/c1-3-25(4-2)20(27)18-17(15-11-7-5-8-12-15)24-26-19(22-23-21(26)28-18)16-13-9-6-10-14-16/h5-14,17-18,24H,3-4H2,1-2H3/t17-,18+/m0/s1. The van der Waals surface area contributed by atoms with E-state index in [9.17, 15) is 4.79 Å². The summed E-state index contributed by atoms with van der Waals surface area (Å²) in [6.45, 7) is 5.40. The Morgan fingerprint density at radius 1 is 1.04 bits per heavy atom. The van der Waals surface area contributed by atoms with Crippen LogP contribution in [0.2, 0.25) is 0 Å². The first-order valence-corrected chi connectivity index (χ1v) is 10.4. The van der Waals surface area contributed by atoms with Crippen molar-refractivity contribution in [2.24, 2.45) is 0 Å². The molecule has 0 bridgehead atoms. The van der Waals surface area contributed by atoms with E-state index in [0.717, 1.165) is 17.0 Å². The topological polar surface area (TPSA) is 63.1 Å². The van der Waals surface area contributed by atoms with Gasteiger partial charge >= 0.3 is 0 Å². The second-order valence-corrected chi connectivity index (χ2v) is 7.68. The number of amides is 1. The summed E-state index contributed by atoms with van der Waals surface area (Å²) in [5, 5.41) is 9.13. The molecule has 1 aromatic heterocycles. The zero-order valence-corrected chi connectivity index (χ0v) is 16.8. The van der Waals surface area contributed by atoms with Gasteiger partial charge in [-0.2, -0.15) is 0 Å². The van der Waals surface area contributed by atoms with Crippen LogP contribution < -0.4 is 5.43 Å². The molecule has 7 heteroatoms. The molecule has 144 valence electrons. The number of benzene rings is 2. The van der Waals surface area contributed by atoms with Crippen molar-refractivity contribution in [2.75, 3.05) is 18.5 Å². The number of thioether (sulfide) groups is 1. The highest BCUT2D eigenvalue weighted by Gasteiger charge is 2.39. The molecule has 2 heterocycles. The summed E-state index contributed by atoms with van der Waals surface area (Å²) in [5.74, 6) is 0.865. The summed E-state index contributed by atoms with van der Waals surface area (Å²) in [5.41, 5.74) is 5.57. The number of carbonyl (C=O) groups is 1. The van der Waals surface area contributed by atoms with E-state index in [-0.39, 0.29) is 17.2 Å². The monoisotopic (exact) mass is 393 g/mol. The van der Waals surface area contributed by atoms with Crippen LogP contribution in [0.4, 0.5) is 0 Å². The number of carbonyl (C=O) groups excluding carboxylic acids is 1. The fourth-order valence-electron chi connectivity index (χ4n) is 3.44. The normalized spacial score (nSPS) is 18.2. The molecular formula is C21H23N5OS. The minimum absolute atomic E-state index is 0.117. The van der Waals surface area contributed by atoms with Gasteiger partial charge in [0.05, 0.1) is 6.04 Å². The van der Waals surface area contributed by atoms with Crippen LogP contribution in [0.5, 0.6) is 0 Å². The quantitative estimate of drug-likeness (QED) is 0.718. The number of aromatic nitrogens is 3. The molecule has 1 amide bonds. The van der Waals surface area contributed by atoms with Crippen molar-refractivity contribution in [1.29, 1.82) is 0 Å². The van der Waals surface area contributed by atoms with Crippen molar-refractivity contribution in [1.82, 2.24) is 19.8 Å². The molecule has 0 radical (unpaired) electrons. The van der Waals surface area contributed by atoms with Crippen molar-refractivity contribution >= 4 is 17.7 Å². The molecule has 6 nitrogen and oxygen atoms in total. The summed E-state index contributed by atoms with van der Waals surface area (Å²) in [4.78, 5) is 15.1. The van der Waals surface area contributed by atoms with Gasteiger partial charge in [0.15, 0.2) is 5.82 Å². The van der Waals surface area contributed by atoms with E-state index < -0.39 is 0 Å². The Labute approximate surface area is 168 Å². The zero-order valence-electron chi connectivity index (χ0n) is 15.9. The van der Waals surface area contributed by atoms with Gasteiger partial charge in [-0.3, -0.25) is 4.79 Å². The molecule has 1 N–H and O–H groups in total. The van der Waals surface area contributed by atoms with E-state index >= 15 is 0 Å². The number of nitrogens with one attached hydrogen (secondary N) is 1. The van der Waals surface area contributed by atoms with Crippen molar-refractivity contribution in [3.05, 3.63) is 66.2 Å². The van der Waals surface area contributed by atoms with Gasteiger partial charge in [0, 0.05) is 18.7 Å². The third-order valence-electron chi connectivity index (χ3n) is 4.95. The van der Waals surface area contributed by atoms with Gasteiger partial charge in [-0.25, -0.2) is 4.68 Å². The third kappa shape index (κ3) is 3.38. The van der Waals surface area contributed by atoms with Crippen LogP contribution >= 0.6 is 11.8 Å². The predicted octanol–water partition coefficient (Wildman–Crippen LogP) is 3.57. The van der Waals surface area contributed by atoms with Crippen LogP contribution in [0.15, 0.2) is 65.8 Å². The smallest absolute Gasteiger partial charge is 0.238 e. The largest absolute Gasteiger partial charge is 0.342 e. The molecule has 4 rings (SSSR count). The van der Waals surface area contributed by atoms with E-state index in [1.54, 1.807) is 0 Å². The molecule has 0 spiro atoms. The molecule has 0 fully saturated rings. The van der Waals surface area contributed by atoms with E-state index in [2.05, 4.69) is 27.8 Å². The van der Waals surface area contributed by atoms with Gasteiger partial charge in [-0.1, -0.05) is 72.4 Å². The van der Waals surface area contributed by atoms with Gasteiger partial charge in [0.2, 0.25) is 11.1 Å². The van der Waals surface area contributed by atoms with Crippen LogP contribution in [0.3, 0.4) is 0 Å². The first kappa shape index (κ1) is 18.6. The lowest BCUT2D eigenvalue weighted by molar-refractivity contribution is -0.130. The molecule has 0 saturated carbocycles. The van der Waals surface area contributed by atoms with E-state index in [1.165, 1.54) is 11.8 Å². The van der Waals surface area contributed by atoms with Crippen molar-refractivity contribution < 1.29 is 4.79 Å². The second-order valence-electron chi connectivity index (χ2n) is 6.57. The number of rotatable bonds is 5. The second kappa shape index (κ2) is 8.06. The van der Waals surface area contributed by atoms with Crippen LogP contribution in [-0.2, 0) is 4.79 Å². The maximum absolute atomic E-state index is 13.2. The predicted molar refractivity (Wildman–Crippen MR) is 112 cm³/mol. The Hall–Kier alpha value is -2.80. The number of hydrogen-bond acceptors (Lipinski definition) is 5. The highest BCUT2D eigenvalue weighted by Crippen LogP contribution is 2.39. The van der Waals surface area contributed by atoms with Gasteiger partial charge in [0.1, 0.15) is 5.25 Å². The SMILES string of the molecule is CCN(CC)C(=O)[C@@H]1Sc2nnc(-c3ccccc3)n2N[C@H]1c1ccccc1. The Kier molecular flexibility index (Phi) is 5.34. The van der Waals surface area contributed by atoms with E-state index in [0.29, 0.717) is 18.2 Å². The van der Waals surface area contributed by atoms with E-state index in [4.69, 9.17) is 0 Å². The average Bonchev–Trinajstić information content (AvgIpc) is 3.18. The summed E-state index contributed by atoms with van der Waals surface area (Å²) in [7, 11) is 0. The molecule has 1 aliphatic heterocycles. The van der Waals surface area contributed by atoms with Crippen LogP contribution in [0.25, 0.3) is 11.4 Å². The molecule has 0 unspecified atom stereocenters. The van der Waals surface area contributed by atoms with Crippen LogP contribution in [0.1, 0.15) is 25.5 Å². The van der Waals surface area contributed by atoms with Crippen LogP contribution in [-0.4, -0.2) is 44.0 Å². The van der Waals surface area contributed by atoms with E-state index in [1.807, 2.05) is 72.0 Å². The molecule has 2 atom stereocenters. The molecule has 1 aliphatic rings. The lowest BCUT2D eigenvalue weighted by Gasteiger charge is -2.35.